The maximum atomic E-state index is 12.4. The van der Waals surface area contributed by atoms with Crippen LogP contribution in [0, 0.1) is 5.41 Å². The lowest BCUT2D eigenvalue weighted by atomic mass is 9.73. The van der Waals surface area contributed by atoms with E-state index < -0.39 is 0 Å². The Morgan fingerprint density at radius 3 is 2.76 bits per heavy atom. The second-order valence-electron chi connectivity index (χ2n) is 7.45. The number of hydrogen-bond acceptors (Lipinski definition) is 4. The molecule has 1 aromatic carbocycles. The van der Waals surface area contributed by atoms with E-state index in [1.165, 1.54) is 18.4 Å². The average Bonchev–Trinajstić information content (AvgIpc) is 2.63. The highest BCUT2D eigenvalue weighted by Crippen LogP contribution is 2.39. The lowest BCUT2D eigenvalue weighted by molar-refractivity contribution is -0.140. The lowest BCUT2D eigenvalue weighted by Crippen LogP contribution is -2.54. The van der Waals surface area contributed by atoms with Crippen LogP contribution in [0.1, 0.15) is 31.2 Å². The summed E-state index contributed by atoms with van der Waals surface area (Å²) in [7, 11) is 0. The van der Waals surface area contributed by atoms with Gasteiger partial charge in [-0.2, -0.15) is 0 Å². The van der Waals surface area contributed by atoms with Crippen LogP contribution in [0.15, 0.2) is 30.3 Å². The summed E-state index contributed by atoms with van der Waals surface area (Å²) in [6.07, 6.45) is 4.07. The van der Waals surface area contributed by atoms with Crippen LogP contribution in [0.25, 0.3) is 0 Å². The molecule has 3 rings (SSSR count). The standard InChI is InChI=1S/C20H30N2O3/c23-12-14-25-13-11-21-10-4-8-20(16-21)9-7-19(24)22(17-20)15-18-5-2-1-3-6-18/h1-3,5-6,23H,4,7-17H2/t20-/m0/s1. The van der Waals surface area contributed by atoms with E-state index in [1.807, 2.05) is 18.2 Å². The first-order valence-corrected chi connectivity index (χ1v) is 9.43. The second-order valence-corrected chi connectivity index (χ2v) is 7.45. The van der Waals surface area contributed by atoms with Gasteiger partial charge in [-0.25, -0.2) is 0 Å². The Bertz CT molecular complexity index is 551. The summed E-state index contributed by atoms with van der Waals surface area (Å²) in [4.78, 5) is 16.9. The number of piperidine rings is 2. The van der Waals surface area contributed by atoms with E-state index in [-0.39, 0.29) is 17.9 Å². The Labute approximate surface area is 150 Å². The number of carbonyl (C=O) groups is 1. The predicted octanol–water partition coefficient (Wildman–Crippen LogP) is 1.90. The van der Waals surface area contributed by atoms with Gasteiger partial charge in [0.2, 0.25) is 5.91 Å². The fourth-order valence-corrected chi connectivity index (χ4v) is 4.24. The Morgan fingerprint density at radius 1 is 1.12 bits per heavy atom. The van der Waals surface area contributed by atoms with Crippen LogP contribution >= 0.6 is 0 Å². The molecule has 5 nitrogen and oxygen atoms in total. The van der Waals surface area contributed by atoms with Gasteiger partial charge in [-0.3, -0.25) is 4.79 Å². The number of benzene rings is 1. The number of likely N-dealkylation sites (tertiary alicyclic amines) is 2. The van der Waals surface area contributed by atoms with Crippen LogP contribution in [-0.2, 0) is 16.1 Å². The number of ether oxygens (including phenoxy) is 1. The van der Waals surface area contributed by atoms with Gasteiger partial charge in [-0.1, -0.05) is 30.3 Å². The minimum absolute atomic E-state index is 0.0838. The van der Waals surface area contributed by atoms with Gasteiger partial charge in [0.15, 0.2) is 0 Å². The van der Waals surface area contributed by atoms with Gasteiger partial charge in [0.1, 0.15) is 0 Å². The number of amides is 1. The van der Waals surface area contributed by atoms with E-state index in [2.05, 4.69) is 21.9 Å². The summed E-state index contributed by atoms with van der Waals surface area (Å²) in [6, 6.07) is 10.3. The quantitative estimate of drug-likeness (QED) is 0.766. The summed E-state index contributed by atoms with van der Waals surface area (Å²) in [5.74, 6) is 0.290. The average molecular weight is 346 g/mol. The van der Waals surface area contributed by atoms with Crippen molar-refractivity contribution in [2.45, 2.75) is 32.2 Å². The first-order chi connectivity index (χ1) is 12.2. The third-order valence-electron chi connectivity index (χ3n) is 5.49. The molecule has 0 bridgehead atoms. The van der Waals surface area contributed by atoms with Crippen LogP contribution < -0.4 is 0 Å². The smallest absolute Gasteiger partial charge is 0.222 e. The van der Waals surface area contributed by atoms with Crippen LogP contribution in [0.2, 0.25) is 0 Å². The zero-order valence-electron chi connectivity index (χ0n) is 15.0. The number of aliphatic hydroxyl groups is 1. The predicted molar refractivity (Wildman–Crippen MR) is 97.1 cm³/mol. The van der Waals surface area contributed by atoms with E-state index in [0.29, 0.717) is 19.6 Å². The van der Waals surface area contributed by atoms with Crippen molar-refractivity contribution in [1.82, 2.24) is 9.80 Å². The van der Waals surface area contributed by atoms with Crippen molar-refractivity contribution in [3.8, 4) is 0 Å². The van der Waals surface area contributed by atoms with Crippen LogP contribution in [0.5, 0.6) is 0 Å². The van der Waals surface area contributed by atoms with Crippen molar-refractivity contribution in [3.63, 3.8) is 0 Å². The minimum atomic E-state index is 0.0838. The largest absolute Gasteiger partial charge is 0.394 e. The molecule has 138 valence electrons. The maximum absolute atomic E-state index is 12.4. The van der Waals surface area contributed by atoms with Crippen molar-refractivity contribution in [1.29, 1.82) is 0 Å². The van der Waals surface area contributed by atoms with E-state index in [9.17, 15) is 4.79 Å². The molecule has 0 aromatic heterocycles. The monoisotopic (exact) mass is 346 g/mol. The van der Waals surface area contributed by atoms with Gasteiger partial charge in [-0.15, -0.1) is 0 Å². The zero-order valence-corrected chi connectivity index (χ0v) is 15.0. The van der Waals surface area contributed by atoms with Gasteiger partial charge in [0.05, 0.1) is 19.8 Å². The molecule has 2 saturated heterocycles. The summed E-state index contributed by atoms with van der Waals surface area (Å²) in [5, 5.41) is 8.80. The van der Waals surface area contributed by atoms with E-state index in [4.69, 9.17) is 9.84 Å². The summed E-state index contributed by atoms with van der Waals surface area (Å²) >= 11 is 0. The molecule has 0 aliphatic carbocycles. The fraction of sp³-hybridized carbons (Fsp3) is 0.650. The molecule has 1 aromatic rings. The molecular weight excluding hydrogens is 316 g/mol. The van der Waals surface area contributed by atoms with Gasteiger partial charge < -0.3 is 19.6 Å². The number of carbonyl (C=O) groups excluding carboxylic acids is 1. The highest BCUT2D eigenvalue weighted by molar-refractivity contribution is 5.77. The Hall–Kier alpha value is -1.43. The maximum Gasteiger partial charge on any atom is 0.222 e. The second kappa shape index (κ2) is 8.79. The van der Waals surface area contributed by atoms with Crippen LogP contribution in [0.4, 0.5) is 0 Å². The topological polar surface area (TPSA) is 53.0 Å². The Morgan fingerprint density at radius 2 is 1.96 bits per heavy atom. The molecule has 1 atom stereocenters. The third kappa shape index (κ3) is 5.03. The summed E-state index contributed by atoms with van der Waals surface area (Å²) < 4.78 is 5.42. The highest BCUT2D eigenvalue weighted by atomic mass is 16.5. The molecule has 0 unspecified atom stereocenters. The summed E-state index contributed by atoms with van der Waals surface area (Å²) in [5.41, 5.74) is 1.44. The molecule has 5 heteroatoms. The molecule has 2 fully saturated rings. The molecule has 25 heavy (non-hydrogen) atoms. The van der Waals surface area contributed by atoms with E-state index in [1.54, 1.807) is 0 Å². The number of nitrogens with zero attached hydrogens (tertiary/aromatic N) is 2. The molecule has 2 heterocycles. The SMILES string of the molecule is O=C1CC[C@]2(CCCN(CCOCCO)C2)CN1Cc1ccccc1. The first-order valence-electron chi connectivity index (χ1n) is 9.43. The van der Waals surface area contributed by atoms with Crippen molar-refractivity contribution in [2.75, 3.05) is 46.0 Å². The number of aliphatic hydroxyl groups excluding tert-OH is 1. The van der Waals surface area contributed by atoms with Crippen LogP contribution in [0.3, 0.4) is 0 Å². The molecule has 2 aliphatic rings. The Kier molecular flexibility index (Phi) is 6.45. The van der Waals surface area contributed by atoms with Crippen molar-refractivity contribution < 1.29 is 14.6 Å². The molecular formula is C20H30N2O3. The van der Waals surface area contributed by atoms with Crippen molar-refractivity contribution in [3.05, 3.63) is 35.9 Å². The van der Waals surface area contributed by atoms with Crippen molar-refractivity contribution in [2.24, 2.45) is 5.41 Å². The van der Waals surface area contributed by atoms with E-state index in [0.717, 1.165) is 39.1 Å². The zero-order chi connectivity index (χ0) is 17.5. The van der Waals surface area contributed by atoms with Crippen molar-refractivity contribution >= 4 is 5.91 Å². The van der Waals surface area contributed by atoms with E-state index >= 15 is 0 Å². The molecule has 1 spiro atoms. The molecule has 0 radical (unpaired) electrons. The fourth-order valence-electron chi connectivity index (χ4n) is 4.24. The van der Waals surface area contributed by atoms with Crippen LogP contribution in [-0.4, -0.2) is 66.8 Å². The number of hydrogen-bond donors (Lipinski definition) is 1. The molecule has 0 saturated carbocycles. The minimum Gasteiger partial charge on any atom is -0.394 e. The van der Waals surface area contributed by atoms with Gasteiger partial charge >= 0.3 is 0 Å². The summed E-state index contributed by atoms with van der Waals surface area (Å²) in [6.45, 7) is 5.83. The molecule has 2 aliphatic heterocycles. The third-order valence-corrected chi connectivity index (χ3v) is 5.49. The lowest BCUT2D eigenvalue weighted by Gasteiger charge is -2.48. The molecule has 1 amide bonds. The molecule has 1 N–H and O–H groups in total. The number of rotatable bonds is 7. The first kappa shape index (κ1) is 18.4. The van der Waals surface area contributed by atoms with Gasteiger partial charge in [0.25, 0.3) is 0 Å². The highest BCUT2D eigenvalue weighted by Gasteiger charge is 2.41. The normalized spacial score (nSPS) is 24.8. The Balaban J connectivity index is 1.57. The van der Waals surface area contributed by atoms with Gasteiger partial charge in [0, 0.05) is 38.0 Å². The van der Waals surface area contributed by atoms with Gasteiger partial charge in [-0.05, 0) is 31.4 Å².